The first kappa shape index (κ1) is 20.5. The van der Waals surface area contributed by atoms with Crippen molar-refractivity contribution < 1.29 is 0 Å². The Morgan fingerprint density at radius 2 is 1.81 bits per heavy atom. The van der Waals surface area contributed by atoms with Crippen LogP contribution in [-0.2, 0) is 19.4 Å². The van der Waals surface area contributed by atoms with Crippen LogP contribution in [0.25, 0.3) is 20.4 Å². The van der Waals surface area contributed by atoms with E-state index in [0.717, 1.165) is 60.7 Å². The average Bonchev–Trinajstić information content (AvgIpc) is 3.40. The first-order valence-corrected chi connectivity index (χ1v) is 13.2. The predicted octanol–water partition coefficient (Wildman–Crippen LogP) is 4.64. The molecule has 0 bridgehead atoms. The molecule has 6 rings (SSSR count). The summed E-state index contributed by atoms with van der Waals surface area (Å²) in [6.07, 6.45) is 4.82. The number of aromatic nitrogens is 3. The number of fused-ring (bicyclic) bond motifs is 4. The van der Waals surface area contributed by atoms with E-state index in [2.05, 4.69) is 41.0 Å². The van der Waals surface area contributed by atoms with E-state index in [0.29, 0.717) is 11.9 Å². The molecule has 0 radical (unpaired) electrons. The number of nitrogens with zero attached hydrogens (tertiary/aromatic N) is 5. The van der Waals surface area contributed by atoms with Crippen molar-refractivity contribution >= 4 is 48.9 Å². The van der Waals surface area contributed by atoms with Gasteiger partial charge in [0, 0.05) is 31.1 Å². The normalized spacial score (nSPS) is 18.9. The van der Waals surface area contributed by atoms with Gasteiger partial charge in [0.1, 0.15) is 21.5 Å². The molecular formula is C24H28N6S2. The van der Waals surface area contributed by atoms with E-state index >= 15 is 0 Å². The maximum Gasteiger partial charge on any atom is 0.146 e. The molecule has 0 saturated carbocycles. The summed E-state index contributed by atoms with van der Waals surface area (Å²) in [7, 11) is 0. The number of hydrogen-bond acceptors (Lipinski definition) is 8. The fourth-order valence-electron chi connectivity index (χ4n) is 5.04. The molecular weight excluding hydrogens is 436 g/mol. The first-order valence-electron chi connectivity index (χ1n) is 11.5. The lowest BCUT2D eigenvalue weighted by Gasteiger charge is -2.37. The van der Waals surface area contributed by atoms with Crippen LogP contribution >= 0.6 is 22.7 Å². The van der Waals surface area contributed by atoms with Crippen LogP contribution in [0.3, 0.4) is 0 Å². The van der Waals surface area contributed by atoms with Crippen molar-refractivity contribution in [2.24, 2.45) is 0 Å². The number of anilines is 1. The minimum Gasteiger partial charge on any atom is -0.383 e. The van der Waals surface area contributed by atoms with Crippen molar-refractivity contribution in [1.82, 2.24) is 24.8 Å². The van der Waals surface area contributed by atoms with Gasteiger partial charge in [0.15, 0.2) is 0 Å². The van der Waals surface area contributed by atoms with Gasteiger partial charge in [-0.25, -0.2) is 15.0 Å². The van der Waals surface area contributed by atoms with E-state index in [9.17, 15) is 0 Å². The van der Waals surface area contributed by atoms with Crippen LogP contribution < -0.4 is 5.73 Å². The molecule has 1 aromatic carbocycles. The van der Waals surface area contributed by atoms with Crippen LogP contribution in [-0.4, -0.2) is 50.9 Å². The highest BCUT2D eigenvalue weighted by atomic mass is 32.1. The minimum atomic E-state index is 0.343. The summed E-state index contributed by atoms with van der Waals surface area (Å²) in [5.41, 5.74) is 8.94. The minimum absolute atomic E-state index is 0.343. The van der Waals surface area contributed by atoms with E-state index in [-0.39, 0.29) is 0 Å². The smallest absolute Gasteiger partial charge is 0.146 e. The molecule has 166 valence electrons. The van der Waals surface area contributed by atoms with Crippen LogP contribution in [0.1, 0.15) is 47.1 Å². The van der Waals surface area contributed by atoms with E-state index in [1.54, 1.807) is 0 Å². The molecule has 0 spiro atoms. The molecule has 1 atom stereocenters. The van der Waals surface area contributed by atoms with Crippen LogP contribution in [0, 0.1) is 0 Å². The number of aryl methyl sites for hydroxylation is 2. The van der Waals surface area contributed by atoms with Gasteiger partial charge in [-0.2, -0.15) is 0 Å². The Hall–Kier alpha value is -2.13. The standard InChI is InChI=1S/C24H28N6S2/c1-15(23-26-17-7-3-5-9-19(17)32-23)30-12-10-29(11-13-30)14-20-27-22(25)21-16-6-2-4-8-18(16)31-24(21)28-20/h3,5,7,9,15H,2,4,6,8,10-14H2,1H3,(H2,25,27,28)/t15-/m1/s1. The number of thiophene rings is 1. The Balaban J connectivity index is 1.13. The van der Waals surface area contributed by atoms with Gasteiger partial charge >= 0.3 is 0 Å². The molecule has 1 aliphatic carbocycles. The van der Waals surface area contributed by atoms with Crippen molar-refractivity contribution in [2.45, 2.75) is 45.2 Å². The zero-order valence-corrected chi connectivity index (χ0v) is 20.0. The Bertz CT molecular complexity index is 1240. The molecule has 0 amide bonds. The molecule has 4 aromatic rings. The van der Waals surface area contributed by atoms with Crippen LogP contribution in [0.2, 0.25) is 0 Å². The Kier molecular flexibility index (Phi) is 5.33. The Morgan fingerprint density at radius 3 is 2.66 bits per heavy atom. The van der Waals surface area contributed by atoms with Crippen molar-refractivity contribution in [3.8, 4) is 0 Å². The van der Waals surface area contributed by atoms with Crippen molar-refractivity contribution in [1.29, 1.82) is 0 Å². The van der Waals surface area contributed by atoms with Gasteiger partial charge in [-0.3, -0.25) is 9.80 Å². The maximum atomic E-state index is 6.41. The monoisotopic (exact) mass is 464 g/mol. The molecule has 1 fully saturated rings. The summed E-state index contributed by atoms with van der Waals surface area (Å²) < 4.78 is 1.27. The zero-order valence-electron chi connectivity index (χ0n) is 18.4. The van der Waals surface area contributed by atoms with Gasteiger partial charge in [0.05, 0.1) is 28.2 Å². The molecule has 8 heteroatoms. The van der Waals surface area contributed by atoms with Gasteiger partial charge in [0.25, 0.3) is 0 Å². The molecule has 6 nitrogen and oxygen atoms in total. The third-order valence-electron chi connectivity index (χ3n) is 6.88. The van der Waals surface area contributed by atoms with Gasteiger partial charge in [-0.1, -0.05) is 12.1 Å². The molecule has 3 aromatic heterocycles. The summed E-state index contributed by atoms with van der Waals surface area (Å²) in [4.78, 5) is 22.1. The lowest BCUT2D eigenvalue weighted by atomic mass is 9.97. The summed E-state index contributed by atoms with van der Waals surface area (Å²) in [6.45, 7) is 7.13. The van der Waals surface area contributed by atoms with Crippen molar-refractivity contribution in [3.05, 3.63) is 45.5 Å². The fraction of sp³-hybridized carbons (Fsp3) is 0.458. The highest BCUT2D eigenvalue weighted by Gasteiger charge is 2.25. The van der Waals surface area contributed by atoms with Gasteiger partial charge in [-0.15, -0.1) is 22.7 Å². The van der Waals surface area contributed by atoms with Gasteiger partial charge < -0.3 is 5.73 Å². The maximum absolute atomic E-state index is 6.41. The highest BCUT2D eigenvalue weighted by Crippen LogP contribution is 2.38. The Morgan fingerprint density at radius 1 is 1.00 bits per heavy atom. The highest BCUT2D eigenvalue weighted by molar-refractivity contribution is 7.19. The number of rotatable bonds is 4. The molecule has 4 heterocycles. The zero-order chi connectivity index (χ0) is 21.7. The second kappa shape index (κ2) is 8.33. The number of piperazine rings is 1. The number of benzene rings is 1. The molecule has 2 N–H and O–H groups in total. The van der Waals surface area contributed by atoms with Gasteiger partial charge in [0.2, 0.25) is 0 Å². The third-order valence-corrected chi connectivity index (χ3v) is 9.27. The quantitative estimate of drug-likeness (QED) is 0.474. The number of para-hydroxylation sites is 1. The van der Waals surface area contributed by atoms with Crippen molar-refractivity contribution in [3.63, 3.8) is 0 Å². The topological polar surface area (TPSA) is 71.2 Å². The fourth-order valence-corrected chi connectivity index (χ4v) is 7.38. The van der Waals surface area contributed by atoms with E-state index in [1.807, 2.05) is 22.7 Å². The predicted molar refractivity (Wildman–Crippen MR) is 133 cm³/mol. The largest absolute Gasteiger partial charge is 0.383 e. The van der Waals surface area contributed by atoms with Crippen LogP contribution in [0.15, 0.2) is 24.3 Å². The first-order chi connectivity index (χ1) is 15.7. The summed E-state index contributed by atoms with van der Waals surface area (Å²) >= 11 is 3.65. The van der Waals surface area contributed by atoms with Crippen LogP contribution in [0.5, 0.6) is 0 Å². The molecule has 1 aliphatic heterocycles. The summed E-state index contributed by atoms with van der Waals surface area (Å²) in [5.74, 6) is 1.54. The number of thiazole rings is 1. The number of nitrogen functional groups attached to an aromatic ring is 1. The summed E-state index contributed by atoms with van der Waals surface area (Å²) in [6, 6.07) is 8.76. The molecule has 32 heavy (non-hydrogen) atoms. The SMILES string of the molecule is C[C@H](c1nc2ccccc2s1)N1CCN(Cc2nc(N)c3c4c(sc3n2)CCCC4)CC1. The molecule has 1 saturated heterocycles. The lowest BCUT2D eigenvalue weighted by molar-refractivity contribution is 0.0962. The summed E-state index contributed by atoms with van der Waals surface area (Å²) in [5, 5.41) is 2.34. The molecule has 0 unspecified atom stereocenters. The average molecular weight is 465 g/mol. The van der Waals surface area contributed by atoms with E-state index in [4.69, 9.17) is 20.7 Å². The number of hydrogen-bond donors (Lipinski definition) is 1. The van der Waals surface area contributed by atoms with E-state index < -0.39 is 0 Å². The Labute approximate surface area is 196 Å². The molecule has 2 aliphatic rings. The lowest BCUT2D eigenvalue weighted by Crippen LogP contribution is -2.46. The van der Waals surface area contributed by atoms with Crippen LogP contribution in [0.4, 0.5) is 5.82 Å². The van der Waals surface area contributed by atoms with Gasteiger partial charge in [-0.05, 0) is 50.3 Å². The third kappa shape index (κ3) is 3.69. The number of nitrogens with two attached hydrogens (primary N) is 1. The second-order valence-corrected chi connectivity index (χ2v) is 11.1. The van der Waals surface area contributed by atoms with Crippen molar-refractivity contribution in [2.75, 3.05) is 31.9 Å². The van der Waals surface area contributed by atoms with E-state index in [1.165, 1.54) is 39.4 Å². The second-order valence-electron chi connectivity index (χ2n) is 8.92.